The minimum atomic E-state index is -0.467. The van der Waals surface area contributed by atoms with Gasteiger partial charge in [-0.05, 0) is 0 Å². The highest BCUT2D eigenvalue weighted by Crippen LogP contribution is 2.05. The van der Waals surface area contributed by atoms with Gasteiger partial charge in [0.1, 0.15) is 12.4 Å². The van der Waals surface area contributed by atoms with Crippen LogP contribution in [-0.4, -0.2) is 40.0 Å². The van der Waals surface area contributed by atoms with Crippen LogP contribution in [0.3, 0.4) is 0 Å². The van der Waals surface area contributed by atoms with Crippen molar-refractivity contribution >= 4 is 6.29 Å². The van der Waals surface area contributed by atoms with Gasteiger partial charge in [-0.15, -0.1) is 0 Å². The molecule has 0 N–H and O–H groups in total. The SMILES string of the molecule is COC(CC=O)C(OC)OC. The Morgan fingerprint density at radius 1 is 1.18 bits per heavy atom. The Hall–Kier alpha value is -0.450. The van der Waals surface area contributed by atoms with Crippen LogP contribution in [0.4, 0.5) is 0 Å². The van der Waals surface area contributed by atoms with Crippen molar-refractivity contribution in [1.29, 1.82) is 0 Å². The third-order valence-corrected chi connectivity index (χ3v) is 1.40. The van der Waals surface area contributed by atoms with Gasteiger partial charge in [-0.2, -0.15) is 0 Å². The number of hydrogen-bond donors (Lipinski definition) is 0. The molecule has 0 spiro atoms. The van der Waals surface area contributed by atoms with Crippen molar-refractivity contribution < 1.29 is 19.0 Å². The van der Waals surface area contributed by atoms with E-state index in [1.165, 1.54) is 21.3 Å². The van der Waals surface area contributed by atoms with Crippen molar-refractivity contribution in [2.24, 2.45) is 0 Å². The first-order valence-electron chi connectivity index (χ1n) is 3.32. The van der Waals surface area contributed by atoms with Gasteiger partial charge in [0.25, 0.3) is 0 Å². The highest BCUT2D eigenvalue weighted by molar-refractivity contribution is 5.50. The number of methoxy groups -OCH3 is 3. The third kappa shape index (κ3) is 3.46. The lowest BCUT2D eigenvalue weighted by Gasteiger charge is -2.21. The molecule has 1 atom stereocenters. The zero-order chi connectivity index (χ0) is 8.69. The van der Waals surface area contributed by atoms with Gasteiger partial charge >= 0.3 is 0 Å². The summed E-state index contributed by atoms with van der Waals surface area (Å²) in [6, 6.07) is 0. The number of hydrogen-bond acceptors (Lipinski definition) is 4. The molecule has 0 amide bonds. The maximum absolute atomic E-state index is 10.1. The van der Waals surface area contributed by atoms with Crippen molar-refractivity contribution in [3.05, 3.63) is 0 Å². The van der Waals surface area contributed by atoms with Gasteiger partial charge in [-0.25, -0.2) is 0 Å². The maximum atomic E-state index is 10.1. The second kappa shape index (κ2) is 6.27. The van der Waals surface area contributed by atoms with Crippen molar-refractivity contribution in [2.75, 3.05) is 21.3 Å². The van der Waals surface area contributed by atoms with E-state index in [0.29, 0.717) is 0 Å². The molecule has 1 unspecified atom stereocenters. The highest BCUT2D eigenvalue weighted by atomic mass is 16.7. The Kier molecular flexibility index (Phi) is 6.02. The summed E-state index contributed by atoms with van der Waals surface area (Å²) in [6.45, 7) is 0. The predicted molar refractivity (Wildman–Crippen MR) is 39.3 cm³/mol. The van der Waals surface area contributed by atoms with Crippen molar-refractivity contribution in [2.45, 2.75) is 18.8 Å². The molecule has 0 aliphatic carbocycles. The molecule has 0 fully saturated rings. The molecule has 0 aromatic carbocycles. The van der Waals surface area contributed by atoms with E-state index in [9.17, 15) is 4.79 Å². The molecule has 0 aromatic rings. The minimum Gasteiger partial charge on any atom is -0.376 e. The number of carbonyl (C=O) groups is 1. The van der Waals surface area contributed by atoms with E-state index in [1.54, 1.807) is 0 Å². The molecule has 0 heterocycles. The van der Waals surface area contributed by atoms with E-state index in [4.69, 9.17) is 14.2 Å². The summed E-state index contributed by atoms with van der Waals surface area (Å²) in [5.41, 5.74) is 0. The fourth-order valence-electron chi connectivity index (χ4n) is 0.813. The minimum absolute atomic E-state index is 0.281. The molecule has 0 aliphatic heterocycles. The first kappa shape index (κ1) is 10.6. The molecule has 4 nitrogen and oxygen atoms in total. The van der Waals surface area contributed by atoms with Gasteiger partial charge in [-0.1, -0.05) is 0 Å². The molecule has 11 heavy (non-hydrogen) atoms. The molecule has 0 bridgehead atoms. The molecule has 0 saturated heterocycles. The van der Waals surface area contributed by atoms with Crippen molar-refractivity contribution in [1.82, 2.24) is 0 Å². The standard InChI is InChI=1S/C7H14O4/c1-9-6(4-5-8)7(10-2)11-3/h5-7H,4H2,1-3H3. The van der Waals surface area contributed by atoms with Gasteiger partial charge in [0, 0.05) is 27.8 Å². The largest absolute Gasteiger partial charge is 0.376 e. The van der Waals surface area contributed by atoms with E-state index in [-0.39, 0.29) is 12.5 Å². The molecule has 0 radical (unpaired) electrons. The topological polar surface area (TPSA) is 44.8 Å². The molecular formula is C7H14O4. The summed E-state index contributed by atoms with van der Waals surface area (Å²) in [5.74, 6) is 0. The molecule has 0 aliphatic rings. The van der Waals surface area contributed by atoms with E-state index in [2.05, 4.69) is 0 Å². The second-order valence-electron chi connectivity index (χ2n) is 2.02. The van der Waals surface area contributed by atoms with E-state index < -0.39 is 6.29 Å². The van der Waals surface area contributed by atoms with Gasteiger partial charge in [0.05, 0.1) is 0 Å². The van der Waals surface area contributed by atoms with Crippen LogP contribution in [0.1, 0.15) is 6.42 Å². The summed E-state index contributed by atoms with van der Waals surface area (Å²) in [5, 5.41) is 0. The van der Waals surface area contributed by atoms with Gasteiger partial charge in [0.2, 0.25) is 0 Å². The van der Waals surface area contributed by atoms with Gasteiger partial charge < -0.3 is 19.0 Å². The predicted octanol–water partition coefficient (Wildman–Crippen LogP) is 0.209. The Bertz CT molecular complexity index is 101. The van der Waals surface area contributed by atoms with Crippen LogP contribution in [0.15, 0.2) is 0 Å². The quantitative estimate of drug-likeness (QED) is 0.413. The zero-order valence-electron chi connectivity index (χ0n) is 7.07. The second-order valence-corrected chi connectivity index (χ2v) is 2.02. The van der Waals surface area contributed by atoms with Crippen LogP contribution in [0, 0.1) is 0 Å². The average molecular weight is 162 g/mol. The summed E-state index contributed by atoms with van der Waals surface area (Å²) < 4.78 is 14.8. The van der Waals surface area contributed by atoms with Crippen molar-refractivity contribution in [3.8, 4) is 0 Å². The summed E-state index contributed by atoms with van der Waals surface area (Å²) in [6.07, 6.45) is 0.273. The first-order valence-corrected chi connectivity index (χ1v) is 3.32. The smallest absolute Gasteiger partial charge is 0.183 e. The maximum Gasteiger partial charge on any atom is 0.183 e. The normalized spacial score (nSPS) is 13.5. The molecule has 0 saturated carbocycles. The Balaban J connectivity index is 3.85. The fourth-order valence-corrected chi connectivity index (χ4v) is 0.813. The number of aldehydes is 1. The third-order valence-electron chi connectivity index (χ3n) is 1.40. The molecule has 0 rings (SSSR count). The number of carbonyl (C=O) groups excluding carboxylic acids is 1. The van der Waals surface area contributed by atoms with Crippen LogP contribution in [0.5, 0.6) is 0 Å². The molecule has 0 aromatic heterocycles. The lowest BCUT2D eigenvalue weighted by molar-refractivity contribution is -0.174. The summed E-state index contributed by atoms with van der Waals surface area (Å²) >= 11 is 0. The lowest BCUT2D eigenvalue weighted by atomic mass is 10.2. The first-order chi connectivity index (χ1) is 5.29. The van der Waals surface area contributed by atoms with Crippen LogP contribution >= 0.6 is 0 Å². The Labute approximate surface area is 66.4 Å². The molecular weight excluding hydrogens is 148 g/mol. The molecule has 66 valence electrons. The van der Waals surface area contributed by atoms with Crippen LogP contribution in [-0.2, 0) is 19.0 Å². The summed E-state index contributed by atoms with van der Waals surface area (Å²) in [4.78, 5) is 10.1. The van der Waals surface area contributed by atoms with Crippen LogP contribution < -0.4 is 0 Å². The van der Waals surface area contributed by atoms with E-state index >= 15 is 0 Å². The fraction of sp³-hybridized carbons (Fsp3) is 0.857. The lowest BCUT2D eigenvalue weighted by Crippen LogP contribution is -2.31. The van der Waals surface area contributed by atoms with Gasteiger partial charge in [-0.3, -0.25) is 0 Å². The van der Waals surface area contributed by atoms with Gasteiger partial charge in [0.15, 0.2) is 6.29 Å². The highest BCUT2D eigenvalue weighted by Gasteiger charge is 2.19. The summed E-state index contributed by atoms with van der Waals surface area (Å²) in [7, 11) is 4.52. The Morgan fingerprint density at radius 2 is 1.73 bits per heavy atom. The molecule has 4 heteroatoms. The van der Waals surface area contributed by atoms with Crippen LogP contribution in [0.2, 0.25) is 0 Å². The van der Waals surface area contributed by atoms with Crippen molar-refractivity contribution in [3.63, 3.8) is 0 Å². The van der Waals surface area contributed by atoms with Crippen LogP contribution in [0.25, 0.3) is 0 Å². The van der Waals surface area contributed by atoms with E-state index in [0.717, 1.165) is 6.29 Å². The Morgan fingerprint density at radius 3 is 2.00 bits per heavy atom. The zero-order valence-corrected chi connectivity index (χ0v) is 7.07. The number of ether oxygens (including phenoxy) is 3. The monoisotopic (exact) mass is 162 g/mol. The number of rotatable bonds is 6. The van der Waals surface area contributed by atoms with E-state index in [1.807, 2.05) is 0 Å². The average Bonchev–Trinajstić information content (AvgIpc) is 2.05.